The molecule has 136 valence electrons. The van der Waals surface area contributed by atoms with Crippen molar-refractivity contribution in [2.75, 3.05) is 5.32 Å². The van der Waals surface area contributed by atoms with E-state index >= 15 is 0 Å². The number of nitrogens with one attached hydrogen (secondary N) is 1. The summed E-state index contributed by atoms with van der Waals surface area (Å²) >= 11 is 1.43. The Balaban J connectivity index is 1.77. The molecule has 1 N–H and O–H groups in total. The molecule has 3 heterocycles. The van der Waals surface area contributed by atoms with Crippen molar-refractivity contribution in [1.82, 2.24) is 15.0 Å². The van der Waals surface area contributed by atoms with Crippen LogP contribution in [0.1, 0.15) is 35.9 Å². The standard InChI is InChI=1S/C20H19N5OS/c1-2-14(4-3-10-21)19(26)18-6-5-17(27-18)16-9-13-23-20(25-16)24-15-7-11-22-12-8-15/h5-9,11-14H,2-4H2,1H3,(H,22,23,24,25). The first-order chi connectivity index (χ1) is 13.2. The minimum absolute atomic E-state index is 0.105. The Hall–Kier alpha value is -3.11. The summed E-state index contributed by atoms with van der Waals surface area (Å²) in [6.45, 7) is 1.98. The van der Waals surface area contributed by atoms with Crippen molar-refractivity contribution in [3.63, 3.8) is 0 Å². The van der Waals surface area contributed by atoms with Crippen LogP contribution in [0.3, 0.4) is 0 Å². The van der Waals surface area contributed by atoms with Crippen molar-refractivity contribution >= 4 is 28.8 Å². The van der Waals surface area contributed by atoms with Gasteiger partial charge in [0, 0.05) is 36.6 Å². The molecule has 0 spiro atoms. The molecule has 3 aromatic rings. The van der Waals surface area contributed by atoms with E-state index in [1.807, 2.05) is 37.3 Å². The molecule has 7 heteroatoms. The molecule has 0 aliphatic carbocycles. The van der Waals surface area contributed by atoms with Crippen LogP contribution in [0.25, 0.3) is 10.6 Å². The van der Waals surface area contributed by atoms with Gasteiger partial charge in [-0.05, 0) is 43.2 Å². The maximum absolute atomic E-state index is 12.7. The zero-order valence-electron chi connectivity index (χ0n) is 14.9. The minimum Gasteiger partial charge on any atom is -0.324 e. The number of carbonyl (C=O) groups excluding carboxylic acids is 1. The predicted octanol–water partition coefficient (Wildman–Crippen LogP) is 4.86. The quantitative estimate of drug-likeness (QED) is 0.564. The number of thiophene rings is 1. The zero-order valence-corrected chi connectivity index (χ0v) is 15.7. The lowest BCUT2D eigenvalue weighted by atomic mass is 9.95. The molecule has 0 fully saturated rings. The van der Waals surface area contributed by atoms with Gasteiger partial charge in [-0.15, -0.1) is 11.3 Å². The summed E-state index contributed by atoms with van der Waals surface area (Å²) in [6, 6.07) is 11.4. The SMILES string of the molecule is CCC(CCC#N)C(=O)c1ccc(-c2ccnc(Nc3ccncc3)n2)s1. The number of hydrogen-bond acceptors (Lipinski definition) is 7. The number of pyridine rings is 1. The van der Waals surface area contributed by atoms with E-state index in [4.69, 9.17) is 5.26 Å². The second-order valence-electron chi connectivity index (χ2n) is 5.96. The summed E-state index contributed by atoms with van der Waals surface area (Å²) in [5, 5.41) is 11.9. The minimum atomic E-state index is -0.106. The molecule has 27 heavy (non-hydrogen) atoms. The van der Waals surface area contributed by atoms with Crippen LogP contribution in [-0.4, -0.2) is 20.7 Å². The molecule has 1 atom stereocenters. The Kier molecular flexibility index (Phi) is 6.23. The van der Waals surface area contributed by atoms with Gasteiger partial charge in [0.2, 0.25) is 5.95 Å². The number of nitrogens with zero attached hydrogens (tertiary/aromatic N) is 4. The Labute approximate surface area is 162 Å². The van der Waals surface area contributed by atoms with Crippen LogP contribution in [0.4, 0.5) is 11.6 Å². The molecule has 0 aromatic carbocycles. The number of anilines is 2. The monoisotopic (exact) mass is 377 g/mol. The van der Waals surface area contributed by atoms with Gasteiger partial charge >= 0.3 is 0 Å². The van der Waals surface area contributed by atoms with E-state index in [0.717, 1.165) is 22.7 Å². The van der Waals surface area contributed by atoms with Gasteiger partial charge in [-0.1, -0.05) is 6.92 Å². The fraction of sp³-hybridized carbons (Fsp3) is 0.250. The van der Waals surface area contributed by atoms with Gasteiger partial charge in [0.05, 0.1) is 21.5 Å². The van der Waals surface area contributed by atoms with Gasteiger partial charge in [-0.3, -0.25) is 9.78 Å². The van der Waals surface area contributed by atoms with E-state index in [1.54, 1.807) is 18.6 Å². The smallest absolute Gasteiger partial charge is 0.227 e. The van der Waals surface area contributed by atoms with Crippen LogP contribution in [0.5, 0.6) is 0 Å². The first-order valence-corrected chi connectivity index (χ1v) is 9.54. The summed E-state index contributed by atoms with van der Waals surface area (Å²) in [5.74, 6) is 0.485. The summed E-state index contributed by atoms with van der Waals surface area (Å²) in [6.07, 6.45) is 6.82. The van der Waals surface area contributed by atoms with Crippen molar-refractivity contribution in [2.24, 2.45) is 5.92 Å². The number of Topliss-reactive ketones (excluding diaryl/α,β-unsaturated/α-hetero) is 1. The van der Waals surface area contributed by atoms with E-state index in [0.29, 0.717) is 23.7 Å². The Morgan fingerprint density at radius 2 is 2.04 bits per heavy atom. The summed E-state index contributed by atoms with van der Waals surface area (Å²) < 4.78 is 0. The van der Waals surface area contributed by atoms with Gasteiger partial charge < -0.3 is 5.32 Å². The third kappa shape index (κ3) is 4.74. The van der Waals surface area contributed by atoms with Gasteiger partial charge in [-0.25, -0.2) is 9.97 Å². The van der Waals surface area contributed by atoms with Gasteiger partial charge in [0.1, 0.15) is 0 Å². The molecule has 6 nitrogen and oxygen atoms in total. The molecule has 0 amide bonds. The summed E-state index contributed by atoms with van der Waals surface area (Å²) in [7, 11) is 0. The largest absolute Gasteiger partial charge is 0.324 e. The van der Waals surface area contributed by atoms with Gasteiger partial charge in [0.15, 0.2) is 5.78 Å². The fourth-order valence-electron chi connectivity index (χ4n) is 2.69. The van der Waals surface area contributed by atoms with E-state index in [-0.39, 0.29) is 11.7 Å². The van der Waals surface area contributed by atoms with E-state index in [2.05, 4.69) is 26.3 Å². The highest BCUT2D eigenvalue weighted by Crippen LogP contribution is 2.30. The molecular formula is C20H19N5OS. The summed E-state index contributed by atoms with van der Waals surface area (Å²) in [5.41, 5.74) is 1.61. The molecule has 0 saturated heterocycles. The van der Waals surface area contributed by atoms with Crippen molar-refractivity contribution in [2.45, 2.75) is 26.2 Å². The van der Waals surface area contributed by atoms with Gasteiger partial charge in [-0.2, -0.15) is 5.26 Å². The number of nitriles is 1. The average Bonchev–Trinajstić information content (AvgIpc) is 3.20. The molecule has 0 saturated carbocycles. The number of ketones is 1. The zero-order chi connectivity index (χ0) is 19.1. The fourth-order valence-corrected chi connectivity index (χ4v) is 3.68. The molecule has 3 rings (SSSR count). The molecule has 1 unspecified atom stereocenters. The van der Waals surface area contributed by atoms with E-state index in [1.165, 1.54) is 11.3 Å². The third-order valence-corrected chi connectivity index (χ3v) is 5.28. The molecule has 3 aromatic heterocycles. The third-order valence-electron chi connectivity index (χ3n) is 4.16. The highest BCUT2D eigenvalue weighted by molar-refractivity contribution is 7.17. The van der Waals surface area contributed by atoms with E-state index in [9.17, 15) is 4.79 Å². The first-order valence-electron chi connectivity index (χ1n) is 8.72. The lowest BCUT2D eigenvalue weighted by Gasteiger charge is -2.09. The molecule has 0 bridgehead atoms. The lowest BCUT2D eigenvalue weighted by molar-refractivity contribution is 0.0915. The Morgan fingerprint density at radius 1 is 1.22 bits per heavy atom. The second kappa shape index (κ2) is 9.01. The van der Waals surface area contributed by atoms with Crippen molar-refractivity contribution in [3.05, 3.63) is 53.8 Å². The van der Waals surface area contributed by atoms with Crippen LogP contribution < -0.4 is 5.32 Å². The molecule has 0 aliphatic heterocycles. The normalized spacial score (nSPS) is 11.6. The average molecular weight is 377 g/mol. The highest BCUT2D eigenvalue weighted by atomic mass is 32.1. The number of rotatable bonds is 8. The van der Waals surface area contributed by atoms with Crippen LogP contribution in [0, 0.1) is 17.2 Å². The lowest BCUT2D eigenvalue weighted by Crippen LogP contribution is -2.12. The topological polar surface area (TPSA) is 91.6 Å². The van der Waals surface area contributed by atoms with Crippen LogP contribution in [0.2, 0.25) is 0 Å². The highest BCUT2D eigenvalue weighted by Gasteiger charge is 2.20. The van der Waals surface area contributed by atoms with Crippen LogP contribution >= 0.6 is 11.3 Å². The van der Waals surface area contributed by atoms with Crippen molar-refractivity contribution in [3.8, 4) is 16.6 Å². The predicted molar refractivity (Wildman–Crippen MR) is 106 cm³/mol. The van der Waals surface area contributed by atoms with Crippen molar-refractivity contribution < 1.29 is 4.79 Å². The number of carbonyl (C=O) groups is 1. The van der Waals surface area contributed by atoms with Crippen LogP contribution in [0.15, 0.2) is 48.9 Å². The van der Waals surface area contributed by atoms with Crippen LogP contribution in [-0.2, 0) is 0 Å². The number of hydrogen-bond donors (Lipinski definition) is 1. The molecule has 0 radical (unpaired) electrons. The van der Waals surface area contributed by atoms with Crippen molar-refractivity contribution in [1.29, 1.82) is 5.26 Å². The second-order valence-corrected chi connectivity index (χ2v) is 7.04. The first kappa shape index (κ1) is 18.7. The van der Waals surface area contributed by atoms with Gasteiger partial charge in [0.25, 0.3) is 0 Å². The molecule has 0 aliphatic rings. The summed E-state index contributed by atoms with van der Waals surface area (Å²) in [4.78, 5) is 27.1. The maximum atomic E-state index is 12.7. The Bertz CT molecular complexity index is 948. The molecular weight excluding hydrogens is 358 g/mol. The number of aromatic nitrogens is 3. The van der Waals surface area contributed by atoms with E-state index < -0.39 is 0 Å². The maximum Gasteiger partial charge on any atom is 0.227 e. The Morgan fingerprint density at radius 3 is 2.78 bits per heavy atom.